The zero-order valence-corrected chi connectivity index (χ0v) is 12.8. The van der Waals surface area contributed by atoms with Crippen LogP contribution in [0.5, 0.6) is 0 Å². The van der Waals surface area contributed by atoms with Crippen LogP contribution in [0.2, 0.25) is 0 Å². The second-order valence-electron chi connectivity index (χ2n) is 4.06. The van der Waals surface area contributed by atoms with Crippen molar-refractivity contribution >= 4 is 26.5 Å². The molecule has 0 aliphatic rings. The van der Waals surface area contributed by atoms with E-state index in [9.17, 15) is 12.6 Å². The molecular weight excluding hydrogens is 286 g/mol. The minimum absolute atomic E-state index is 0.103. The molecule has 1 aromatic rings. The zero-order chi connectivity index (χ0) is 14.5. The standard InChI is InChI=1S/C11H19N3O3S2/c1-4-13-10-5-6-12-8-11(10)19(16,17)14-7-9(2)18(3)15/h5-6,8-9,14H,4,7H2,1-3H3,(H,12,13). The molecule has 6 nitrogen and oxygen atoms in total. The third kappa shape index (κ3) is 4.55. The Morgan fingerprint density at radius 1 is 1.47 bits per heavy atom. The highest BCUT2D eigenvalue weighted by molar-refractivity contribution is 7.89. The topological polar surface area (TPSA) is 88.2 Å². The monoisotopic (exact) mass is 305 g/mol. The predicted molar refractivity (Wildman–Crippen MR) is 77.1 cm³/mol. The number of rotatable bonds is 7. The van der Waals surface area contributed by atoms with E-state index in [0.29, 0.717) is 12.2 Å². The zero-order valence-electron chi connectivity index (χ0n) is 11.2. The van der Waals surface area contributed by atoms with Crippen LogP contribution >= 0.6 is 0 Å². The molecule has 0 saturated heterocycles. The third-order valence-electron chi connectivity index (χ3n) is 2.57. The SMILES string of the molecule is CCNc1ccncc1S(=O)(=O)NCC(C)S(C)=O. The number of nitrogens with one attached hydrogen (secondary N) is 2. The average molecular weight is 305 g/mol. The van der Waals surface area contributed by atoms with Crippen LogP contribution in [0, 0.1) is 0 Å². The van der Waals surface area contributed by atoms with Crippen molar-refractivity contribution in [2.45, 2.75) is 24.0 Å². The Hall–Kier alpha value is -0.990. The Balaban J connectivity index is 2.91. The van der Waals surface area contributed by atoms with E-state index in [2.05, 4.69) is 15.0 Å². The quantitative estimate of drug-likeness (QED) is 0.768. The van der Waals surface area contributed by atoms with E-state index < -0.39 is 20.8 Å². The lowest BCUT2D eigenvalue weighted by Crippen LogP contribution is -2.33. The Bertz CT molecular complexity index is 546. The van der Waals surface area contributed by atoms with Gasteiger partial charge >= 0.3 is 0 Å². The second-order valence-corrected chi connectivity index (χ2v) is 7.60. The Kier molecular flexibility index (Phi) is 5.89. The molecule has 0 aliphatic heterocycles. The average Bonchev–Trinajstić information content (AvgIpc) is 2.37. The maximum atomic E-state index is 12.2. The maximum Gasteiger partial charge on any atom is 0.244 e. The van der Waals surface area contributed by atoms with E-state index in [4.69, 9.17) is 0 Å². The van der Waals surface area contributed by atoms with Gasteiger partial charge in [-0.15, -0.1) is 0 Å². The van der Waals surface area contributed by atoms with Gasteiger partial charge in [-0.05, 0) is 19.9 Å². The van der Waals surface area contributed by atoms with E-state index in [1.807, 2.05) is 6.92 Å². The number of aromatic nitrogens is 1. The second kappa shape index (κ2) is 6.97. The maximum absolute atomic E-state index is 12.2. The molecule has 0 saturated carbocycles. The summed E-state index contributed by atoms with van der Waals surface area (Å²) in [6.07, 6.45) is 4.38. The smallest absolute Gasteiger partial charge is 0.244 e. The molecule has 1 aromatic heterocycles. The van der Waals surface area contributed by atoms with Gasteiger partial charge in [0, 0.05) is 47.8 Å². The van der Waals surface area contributed by atoms with Crippen molar-refractivity contribution in [2.75, 3.05) is 24.7 Å². The number of anilines is 1. The largest absolute Gasteiger partial charge is 0.384 e. The van der Waals surface area contributed by atoms with Gasteiger partial charge in [0.1, 0.15) is 4.90 Å². The summed E-state index contributed by atoms with van der Waals surface area (Å²) in [5, 5.41) is 2.73. The fourth-order valence-electron chi connectivity index (χ4n) is 1.35. The van der Waals surface area contributed by atoms with Gasteiger partial charge in [-0.2, -0.15) is 0 Å². The van der Waals surface area contributed by atoms with E-state index in [0.717, 1.165) is 0 Å². The summed E-state index contributed by atoms with van der Waals surface area (Å²) in [4.78, 5) is 3.94. The Morgan fingerprint density at radius 2 is 2.16 bits per heavy atom. The molecule has 1 rings (SSSR count). The van der Waals surface area contributed by atoms with Gasteiger partial charge in [0.05, 0.1) is 5.69 Å². The lowest BCUT2D eigenvalue weighted by molar-refractivity contribution is 0.580. The molecule has 2 unspecified atom stereocenters. The molecule has 0 radical (unpaired) electrons. The number of hydrogen-bond acceptors (Lipinski definition) is 5. The molecule has 8 heteroatoms. The highest BCUT2D eigenvalue weighted by atomic mass is 32.2. The van der Waals surface area contributed by atoms with Crippen molar-refractivity contribution in [2.24, 2.45) is 0 Å². The van der Waals surface area contributed by atoms with Gasteiger partial charge in [-0.25, -0.2) is 13.1 Å². The van der Waals surface area contributed by atoms with Gasteiger partial charge in [-0.3, -0.25) is 9.19 Å². The molecule has 1 heterocycles. The first-order valence-electron chi connectivity index (χ1n) is 5.88. The minimum atomic E-state index is -3.65. The fourth-order valence-corrected chi connectivity index (χ4v) is 3.03. The third-order valence-corrected chi connectivity index (χ3v) is 5.32. The van der Waals surface area contributed by atoms with Gasteiger partial charge < -0.3 is 5.32 Å². The van der Waals surface area contributed by atoms with Crippen LogP contribution < -0.4 is 10.0 Å². The van der Waals surface area contributed by atoms with E-state index >= 15 is 0 Å². The fraction of sp³-hybridized carbons (Fsp3) is 0.545. The summed E-state index contributed by atoms with van der Waals surface area (Å²) < 4.78 is 38.0. The summed E-state index contributed by atoms with van der Waals surface area (Å²) in [7, 11) is -4.72. The number of hydrogen-bond donors (Lipinski definition) is 2. The molecular formula is C11H19N3O3S2. The minimum Gasteiger partial charge on any atom is -0.384 e. The summed E-state index contributed by atoms with van der Waals surface area (Å²) in [6, 6.07) is 1.61. The van der Waals surface area contributed by atoms with Crippen LogP contribution in [0.3, 0.4) is 0 Å². The van der Waals surface area contributed by atoms with Crippen LogP contribution in [-0.2, 0) is 20.8 Å². The molecule has 0 fully saturated rings. The van der Waals surface area contributed by atoms with Crippen LogP contribution in [0.25, 0.3) is 0 Å². The van der Waals surface area contributed by atoms with Crippen molar-refractivity contribution in [1.82, 2.24) is 9.71 Å². The van der Waals surface area contributed by atoms with Crippen molar-refractivity contribution in [3.05, 3.63) is 18.5 Å². The van der Waals surface area contributed by atoms with Crippen LogP contribution in [0.4, 0.5) is 5.69 Å². The molecule has 108 valence electrons. The summed E-state index contributed by atoms with van der Waals surface area (Å²) in [5.41, 5.74) is 0.510. The Morgan fingerprint density at radius 3 is 2.74 bits per heavy atom. The highest BCUT2D eigenvalue weighted by Crippen LogP contribution is 2.19. The summed E-state index contributed by atoms with van der Waals surface area (Å²) in [5.74, 6) is 0. The first-order valence-corrected chi connectivity index (χ1v) is 8.98. The van der Waals surface area contributed by atoms with Crippen LogP contribution in [0.15, 0.2) is 23.4 Å². The van der Waals surface area contributed by atoms with Gasteiger partial charge in [0.25, 0.3) is 0 Å². The number of pyridine rings is 1. The van der Waals surface area contributed by atoms with Gasteiger partial charge in [0.15, 0.2) is 0 Å². The lowest BCUT2D eigenvalue weighted by Gasteiger charge is -2.13. The lowest BCUT2D eigenvalue weighted by atomic mass is 10.4. The van der Waals surface area contributed by atoms with Crippen LogP contribution in [-0.4, -0.2) is 42.2 Å². The van der Waals surface area contributed by atoms with Crippen molar-refractivity contribution in [1.29, 1.82) is 0 Å². The van der Waals surface area contributed by atoms with Crippen molar-refractivity contribution in [3.63, 3.8) is 0 Å². The van der Waals surface area contributed by atoms with Gasteiger partial charge in [-0.1, -0.05) is 0 Å². The van der Waals surface area contributed by atoms with E-state index in [1.54, 1.807) is 19.2 Å². The van der Waals surface area contributed by atoms with Gasteiger partial charge in [0.2, 0.25) is 10.0 Å². The molecule has 0 aromatic carbocycles. The molecule has 2 atom stereocenters. The molecule has 0 amide bonds. The molecule has 0 aliphatic carbocycles. The molecule has 0 bridgehead atoms. The predicted octanol–water partition coefficient (Wildman–Crippen LogP) is 0.559. The van der Waals surface area contributed by atoms with Crippen molar-refractivity contribution < 1.29 is 12.6 Å². The number of sulfonamides is 1. The Labute approximate surface area is 116 Å². The molecule has 19 heavy (non-hydrogen) atoms. The number of nitrogens with zero attached hydrogens (tertiary/aromatic N) is 1. The van der Waals surface area contributed by atoms with E-state index in [1.165, 1.54) is 12.4 Å². The highest BCUT2D eigenvalue weighted by Gasteiger charge is 2.20. The summed E-state index contributed by atoms with van der Waals surface area (Å²) in [6.45, 7) is 4.35. The summed E-state index contributed by atoms with van der Waals surface area (Å²) >= 11 is 0. The molecule has 0 spiro atoms. The molecule has 2 N–H and O–H groups in total. The normalized spacial score (nSPS) is 14.9. The van der Waals surface area contributed by atoms with Crippen LogP contribution in [0.1, 0.15) is 13.8 Å². The first kappa shape index (κ1) is 16.1. The van der Waals surface area contributed by atoms with Crippen molar-refractivity contribution in [3.8, 4) is 0 Å². The van der Waals surface area contributed by atoms with E-state index in [-0.39, 0.29) is 16.7 Å². The first-order chi connectivity index (χ1) is 8.88.